The van der Waals surface area contributed by atoms with E-state index < -0.39 is 23.7 Å². The number of aryl methyl sites for hydroxylation is 2. The van der Waals surface area contributed by atoms with Crippen molar-refractivity contribution in [2.45, 2.75) is 33.7 Å². The van der Waals surface area contributed by atoms with Gasteiger partial charge in [-0.25, -0.2) is 9.78 Å². The second-order valence-electron chi connectivity index (χ2n) is 8.17. The lowest BCUT2D eigenvalue weighted by molar-refractivity contribution is -0.132. The van der Waals surface area contributed by atoms with Crippen molar-refractivity contribution in [1.29, 1.82) is 0 Å². The molecule has 186 valence electrons. The number of rotatable bonds is 7. The zero-order chi connectivity index (χ0) is 26.0. The predicted octanol–water partition coefficient (Wildman–Crippen LogP) is 4.96. The van der Waals surface area contributed by atoms with Gasteiger partial charge in [-0.15, -0.1) is 0 Å². The average Bonchev–Trinajstić information content (AvgIpc) is 3.36. The Hall–Kier alpha value is -3.98. The topological polar surface area (TPSA) is 106 Å². The molecule has 1 N–H and O–H groups in total. The molecule has 1 aliphatic rings. The van der Waals surface area contributed by atoms with E-state index in [9.17, 15) is 19.5 Å². The molecule has 0 bridgehead atoms. The Labute approximate surface area is 212 Å². The van der Waals surface area contributed by atoms with Gasteiger partial charge in [-0.05, 0) is 45.4 Å². The standard InChI is InChI=1S/C27H26N2O6S/c1-5-34-19-9-7-8-18(14-19)21-20(22(30)17-12-10-15(3)11-13-17)23(31)25(32)29(21)27-28-16(4)24(36-27)26(33)35-6-2/h7-14,21,30H,5-6H2,1-4H3/b22-20+. The van der Waals surface area contributed by atoms with Gasteiger partial charge >= 0.3 is 11.9 Å². The molecule has 2 heterocycles. The van der Waals surface area contributed by atoms with E-state index in [0.717, 1.165) is 16.9 Å². The van der Waals surface area contributed by atoms with Gasteiger partial charge in [-0.3, -0.25) is 14.5 Å². The second-order valence-corrected chi connectivity index (χ2v) is 9.15. The third-order valence-corrected chi connectivity index (χ3v) is 6.84. The van der Waals surface area contributed by atoms with Crippen molar-refractivity contribution in [3.05, 3.63) is 81.4 Å². The summed E-state index contributed by atoms with van der Waals surface area (Å²) in [6.07, 6.45) is 0. The molecule has 1 unspecified atom stereocenters. The zero-order valence-corrected chi connectivity index (χ0v) is 21.2. The lowest BCUT2D eigenvalue weighted by Crippen LogP contribution is -2.29. The summed E-state index contributed by atoms with van der Waals surface area (Å²) in [5.41, 5.74) is 2.27. The molecule has 1 atom stereocenters. The summed E-state index contributed by atoms with van der Waals surface area (Å²) < 4.78 is 10.7. The molecule has 0 spiro atoms. The van der Waals surface area contributed by atoms with E-state index in [0.29, 0.717) is 29.2 Å². The number of hydrogen-bond donors (Lipinski definition) is 1. The molecule has 0 radical (unpaired) electrons. The minimum atomic E-state index is -0.979. The van der Waals surface area contributed by atoms with Crippen LogP contribution in [-0.2, 0) is 14.3 Å². The number of carbonyl (C=O) groups is 3. The van der Waals surface area contributed by atoms with Gasteiger partial charge in [0.25, 0.3) is 5.78 Å². The summed E-state index contributed by atoms with van der Waals surface area (Å²) in [6.45, 7) is 7.72. The number of esters is 1. The molecular formula is C27H26N2O6S. The van der Waals surface area contributed by atoms with Gasteiger partial charge in [0.05, 0.1) is 30.5 Å². The number of aliphatic hydroxyl groups excluding tert-OH is 1. The van der Waals surface area contributed by atoms with E-state index in [1.165, 1.54) is 4.90 Å². The first-order valence-electron chi connectivity index (χ1n) is 11.5. The van der Waals surface area contributed by atoms with E-state index in [2.05, 4.69) is 4.98 Å². The fourth-order valence-electron chi connectivity index (χ4n) is 4.02. The molecule has 1 saturated heterocycles. The Morgan fingerprint density at radius 2 is 1.81 bits per heavy atom. The smallest absolute Gasteiger partial charge is 0.350 e. The number of ether oxygens (including phenoxy) is 2. The number of nitrogens with zero attached hydrogens (tertiary/aromatic N) is 2. The van der Waals surface area contributed by atoms with Gasteiger partial charge in [0.1, 0.15) is 16.4 Å². The van der Waals surface area contributed by atoms with Crippen LogP contribution in [0, 0.1) is 13.8 Å². The van der Waals surface area contributed by atoms with Gasteiger partial charge in [0.2, 0.25) is 0 Å². The van der Waals surface area contributed by atoms with Crippen LogP contribution >= 0.6 is 11.3 Å². The normalized spacial score (nSPS) is 16.9. The molecule has 1 aliphatic heterocycles. The number of aliphatic hydroxyl groups is 1. The van der Waals surface area contributed by atoms with Crippen LogP contribution < -0.4 is 9.64 Å². The van der Waals surface area contributed by atoms with Crippen molar-refractivity contribution in [1.82, 2.24) is 4.98 Å². The van der Waals surface area contributed by atoms with Gasteiger partial charge in [-0.2, -0.15) is 0 Å². The highest BCUT2D eigenvalue weighted by molar-refractivity contribution is 7.17. The molecular weight excluding hydrogens is 480 g/mol. The summed E-state index contributed by atoms with van der Waals surface area (Å²) in [7, 11) is 0. The maximum atomic E-state index is 13.4. The van der Waals surface area contributed by atoms with E-state index in [4.69, 9.17) is 9.47 Å². The third-order valence-electron chi connectivity index (χ3n) is 5.71. The fraction of sp³-hybridized carbons (Fsp3) is 0.259. The molecule has 36 heavy (non-hydrogen) atoms. The first kappa shape index (κ1) is 25.1. The van der Waals surface area contributed by atoms with Gasteiger partial charge in [0.15, 0.2) is 5.13 Å². The summed E-state index contributed by atoms with van der Waals surface area (Å²) in [5, 5.41) is 11.4. The van der Waals surface area contributed by atoms with Gasteiger partial charge in [0, 0.05) is 5.56 Å². The van der Waals surface area contributed by atoms with Crippen LogP contribution in [0.3, 0.4) is 0 Å². The van der Waals surface area contributed by atoms with Gasteiger partial charge in [-0.1, -0.05) is 53.3 Å². The summed E-state index contributed by atoms with van der Waals surface area (Å²) in [4.78, 5) is 45.0. The van der Waals surface area contributed by atoms with Crippen molar-refractivity contribution in [2.24, 2.45) is 0 Å². The van der Waals surface area contributed by atoms with Crippen LogP contribution in [0.4, 0.5) is 5.13 Å². The first-order valence-corrected chi connectivity index (χ1v) is 12.3. The number of hydrogen-bond acceptors (Lipinski definition) is 8. The Balaban J connectivity index is 1.91. The summed E-state index contributed by atoms with van der Waals surface area (Å²) in [6, 6.07) is 13.0. The van der Waals surface area contributed by atoms with Crippen LogP contribution in [-0.4, -0.2) is 41.0 Å². The van der Waals surface area contributed by atoms with Gasteiger partial charge < -0.3 is 14.6 Å². The Morgan fingerprint density at radius 3 is 2.47 bits per heavy atom. The molecule has 1 aromatic heterocycles. The Kier molecular flexibility index (Phi) is 7.21. The quantitative estimate of drug-likeness (QED) is 0.209. The molecule has 1 amide bonds. The molecule has 0 aliphatic carbocycles. The highest BCUT2D eigenvalue weighted by Crippen LogP contribution is 2.44. The van der Waals surface area contributed by atoms with Crippen molar-refractivity contribution in [3.8, 4) is 5.75 Å². The van der Waals surface area contributed by atoms with Crippen LogP contribution in [0.2, 0.25) is 0 Å². The van der Waals surface area contributed by atoms with Crippen molar-refractivity contribution in [3.63, 3.8) is 0 Å². The largest absolute Gasteiger partial charge is 0.507 e. The maximum absolute atomic E-state index is 13.4. The Bertz CT molecular complexity index is 1360. The summed E-state index contributed by atoms with van der Waals surface area (Å²) in [5.74, 6) is -1.98. The van der Waals surface area contributed by atoms with E-state index in [1.54, 1.807) is 50.2 Å². The molecule has 4 rings (SSSR count). The molecule has 2 aromatic carbocycles. The predicted molar refractivity (Wildman–Crippen MR) is 136 cm³/mol. The second kappa shape index (κ2) is 10.3. The number of benzene rings is 2. The molecule has 0 saturated carbocycles. The van der Waals surface area contributed by atoms with Crippen LogP contribution in [0.15, 0.2) is 54.1 Å². The number of amides is 1. The lowest BCUT2D eigenvalue weighted by Gasteiger charge is -2.23. The number of Topliss-reactive ketones (excluding diaryl/α,β-unsaturated/α-hetero) is 1. The first-order chi connectivity index (χ1) is 17.3. The highest BCUT2D eigenvalue weighted by atomic mass is 32.1. The fourth-order valence-corrected chi connectivity index (χ4v) is 5.01. The number of ketones is 1. The number of anilines is 1. The van der Waals surface area contributed by atoms with Crippen molar-refractivity contribution in [2.75, 3.05) is 18.1 Å². The molecule has 3 aromatic rings. The van der Waals surface area contributed by atoms with E-state index in [-0.39, 0.29) is 27.9 Å². The summed E-state index contributed by atoms with van der Waals surface area (Å²) >= 11 is 0.967. The molecule has 8 nitrogen and oxygen atoms in total. The molecule has 9 heteroatoms. The number of carbonyl (C=O) groups excluding carboxylic acids is 3. The number of aromatic nitrogens is 1. The highest BCUT2D eigenvalue weighted by Gasteiger charge is 2.48. The maximum Gasteiger partial charge on any atom is 0.350 e. The van der Waals surface area contributed by atoms with Crippen molar-refractivity contribution < 1.29 is 29.0 Å². The minimum absolute atomic E-state index is 0.0666. The zero-order valence-electron chi connectivity index (χ0n) is 20.4. The monoisotopic (exact) mass is 506 g/mol. The van der Waals surface area contributed by atoms with E-state index >= 15 is 0 Å². The lowest BCUT2D eigenvalue weighted by atomic mass is 9.95. The van der Waals surface area contributed by atoms with Crippen LogP contribution in [0.25, 0.3) is 5.76 Å². The number of thiazole rings is 1. The molecule has 1 fully saturated rings. The minimum Gasteiger partial charge on any atom is -0.507 e. The Morgan fingerprint density at radius 1 is 1.08 bits per heavy atom. The van der Waals surface area contributed by atoms with Crippen molar-refractivity contribution >= 4 is 39.9 Å². The van der Waals surface area contributed by atoms with Crippen LogP contribution in [0.1, 0.15) is 51.9 Å². The SMILES string of the molecule is CCOC(=O)c1sc(N2C(=O)C(=O)/C(=C(/O)c3ccc(C)cc3)C2c2cccc(OCC)c2)nc1C. The van der Waals surface area contributed by atoms with E-state index in [1.807, 2.05) is 26.0 Å². The van der Waals surface area contributed by atoms with Crippen LogP contribution in [0.5, 0.6) is 5.75 Å². The average molecular weight is 507 g/mol. The third kappa shape index (κ3) is 4.61.